The van der Waals surface area contributed by atoms with E-state index in [0.717, 1.165) is 0 Å². The van der Waals surface area contributed by atoms with Crippen molar-refractivity contribution in [2.24, 2.45) is 7.05 Å². The molecule has 3 heterocycles. The summed E-state index contributed by atoms with van der Waals surface area (Å²) in [7, 11) is 1.76. The van der Waals surface area contributed by atoms with Gasteiger partial charge in [-0.05, 0) is 6.92 Å². The first-order chi connectivity index (χ1) is 9.99. The number of hydrogen-bond acceptors (Lipinski definition) is 5. The van der Waals surface area contributed by atoms with Gasteiger partial charge in [-0.3, -0.25) is 9.48 Å². The first kappa shape index (κ1) is 13.3. The number of aromatic nitrogens is 3. The summed E-state index contributed by atoms with van der Waals surface area (Å²) in [5, 5.41) is 17.1. The van der Waals surface area contributed by atoms with Crippen LogP contribution in [0.2, 0.25) is 0 Å². The molecule has 1 fully saturated rings. The van der Waals surface area contributed by atoms with Crippen molar-refractivity contribution in [1.82, 2.24) is 20.1 Å². The molecule has 3 rings (SSSR count). The third-order valence-electron chi connectivity index (χ3n) is 3.58. The monoisotopic (exact) mass is 289 g/mol. The molecular weight excluding hydrogens is 274 g/mol. The highest BCUT2D eigenvalue weighted by Gasteiger charge is 2.26. The molecule has 0 aromatic carbocycles. The smallest absolute Gasteiger partial charge is 0.339 e. The van der Waals surface area contributed by atoms with E-state index in [2.05, 4.69) is 15.4 Å². The number of carboxylic acids is 1. The molecule has 0 saturated carbocycles. The fourth-order valence-corrected chi connectivity index (χ4v) is 2.71. The summed E-state index contributed by atoms with van der Waals surface area (Å²) in [4.78, 5) is 29.1. The summed E-state index contributed by atoms with van der Waals surface area (Å²) in [6, 6.07) is 0. The number of carbonyl (C=O) groups is 2. The van der Waals surface area contributed by atoms with E-state index in [1.54, 1.807) is 16.6 Å². The predicted octanol–water partition coefficient (Wildman–Crippen LogP) is -0.0889. The molecule has 8 heteroatoms. The van der Waals surface area contributed by atoms with Crippen LogP contribution in [0.4, 0.5) is 5.69 Å². The summed E-state index contributed by atoms with van der Waals surface area (Å²) in [6.07, 6.45) is 1.33. The Morgan fingerprint density at radius 1 is 1.48 bits per heavy atom. The maximum Gasteiger partial charge on any atom is 0.339 e. The second-order valence-corrected chi connectivity index (χ2v) is 5.00. The van der Waals surface area contributed by atoms with Gasteiger partial charge in [0.1, 0.15) is 5.56 Å². The van der Waals surface area contributed by atoms with Gasteiger partial charge in [-0.2, -0.15) is 5.10 Å². The minimum atomic E-state index is -1.06. The number of nitrogens with one attached hydrogen (secondary N) is 1. The molecule has 0 atom stereocenters. The van der Waals surface area contributed by atoms with Crippen LogP contribution in [0.25, 0.3) is 11.0 Å². The molecule has 110 valence electrons. The second kappa shape index (κ2) is 4.72. The Morgan fingerprint density at radius 3 is 2.90 bits per heavy atom. The quantitative estimate of drug-likeness (QED) is 0.801. The number of carboxylic acid groups (broad SMARTS) is 1. The van der Waals surface area contributed by atoms with Crippen LogP contribution in [-0.2, 0) is 11.8 Å². The molecule has 0 aliphatic carbocycles. The SMILES string of the molecule is Cc1nn(C)c2ncc(C(=O)O)c(N3CCNC(=O)C3)c12. The van der Waals surface area contributed by atoms with Crippen molar-refractivity contribution in [3.05, 3.63) is 17.5 Å². The van der Waals surface area contributed by atoms with Crippen LogP contribution in [0.15, 0.2) is 6.20 Å². The second-order valence-electron chi connectivity index (χ2n) is 5.00. The van der Waals surface area contributed by atoms with Crippen LogP contribution in [0, 0.1) is 6.92 Å². The summed E-state index contributed by atoms with van der Waals surface area (Å²) in [5.74, 6) is -1.18. The summed E-state index contributed by atoms with van der Waals surface area (Å²) in [5.41, 5.74) is 1.92. The molecule has 2 aromatic rings. The highest BCUT2D eigenvalue weighted by Crippen LogP contribution is 2.32. The molecule has 0 spiro atoms. The lowest BCUT2D eigenvalue weighted by Gasteiger charge is -2.30. The van der Waals surface area contributed by atoms with Gasteiger partial charge in [-0.15, -0.1) is 0 Å². The van der Waals surface area contributed by atoms with Gasteiger partial charge >= 0.3 is 5.97 Å². The minimum Gasteiger partial charge on any atom is -0.478 e. The van der Waals surface area contributed by atoms with E-state index >= 15 is 0 Å². The van der Waals surface area contributed by atoms with E-state index in [4.69, 9.17) is 0 Å². The molecular formula is C13H15N5O3. The van der Waals surface area contributed by atoms with Crippen LogP contribution in [-0.4, -0.2) is 51.4 Å². The van der Waals surface area contributed by atoms with Gasteiger partial charge in [0.25, 0.3) is 0 Å². The fraction of sp³-hybridized carbons (Fsp3) is 0.385. The average Bonchev–Trinajstić information content (AvgIpc) is 2.73. The average molecular weight is 289 g/mol. The molecule has 1 saturated heterocycles. The number of pyridine rings is 1. The summed E-state index contributed by atoms with van der Waals surface area (Å²) >= 11 is 0. The molecule has 2 aromatic heterocycles. The zero-order valence-electron chi connectivity index (χ0n) is 11.8. The Labute approximate surface area is 120 Å². The van der Waals surface area contributed by atoms with Crippen LogP contribution >= 0.6 is 0 Å². The molecule has 0 radical (unpaired) electrons. The van der Waals surface area contributed by atoms with Crippen LogP contribution in [0.3, 0.4) is 0 Å². The van der Waals surface area contributed by atoms with Crippen LogP contribution < -0.4 is 10.2 Å². The first-order valence-corrected chi connectivity index (χ1v) is 6.56. The Balaban J connectivity index is 2.28. The molecule has 0 unspecified atom stereocenters. The summed E-state index contributed by atoms with van der Waals surface area (Å²) in [6.45, 7) is 2.98. The van der Waals surface area contributed by atoms with E-state index in [0.29, 0.717) is 35.5 Å². The number of hydrogen-bond donors (Lipinski definition) is 2. The molecule has 21 heavy (non-hydrogen) atoms. The topological polar surface area (TPSA) is 100 Å². The number of piperazine rings is 1. The van der Waals surface area contributed by atoms with Gasteiger partial charge < -0.3 is 15.3 Å². The predicted molar refractivity (Wildman–Crippen MR) is 75.4 cm³/mol. The van der Waals surface area contributed by atoms with Crippen molar-refractivity contribution in [2.45, 2.75) is 6.92 Å². The number of anilines is 1. The largest absolute Gasteiger partial charge is 0.478 e. The van der Waals surface area contributed by atoms with Crippen molar-refractivity contribution in [1.29, 1.82) is 0 Å². The minimum absolute atomic E-state index is 0.0910. The van der Waals surface area contributed by atoms with E-state index in [-0.39, 0.29) is 18.0 Å². The number of fused-ring (bicyclic) bond motifs is 1. The van der Waals surface area contributed by atoms with E-state index < -0.39 is 5.97 Å². The Bertz CT molecular complexity index is 752. The van der Waals surface area contributed by atoms with Crippen LogP contribution in [0.5, 0.6) is 0 Å². The van der Waals surface area contributed by atoms with Crippen molar-refractivity contribution in [3.63, 3.8) is 0 Å². The number of nitrogens with zero attached hydrogens (tertiary/aromatic N) is 4. The normalized spacial score (nSPS) is 15.3. The van der Waals surface area contributed by atoms with Gasteiger partial charge in [-0.1, -0.05) is 0 Å². The van der Waals surface area contributed by atoms with E-state index in [1.165, 1.54) is 6.20 Å². The van der Waals surface area contributed by atoms with E-state index in [1.807, 2.05) is 6.92 Å². The molecule has 0 bridgehead atoms. The molecule has 8 nitrogen and oxygen atoms in total. The number of carbonyl (C=O) groups excluding carboxylic acids is 1. The van der Waals surface area contributed by atoms with Gasteiger partial charge in [0.15, 0.2) is 5.65 Å². The maximum absolute atomic E-state index is 11.6. The molecule has 1 aliphatic heterocycles. The van der Waals surface area contributed by atoms with Crippen molar-refractivity contribution < 1.29 is 14.7 Å². The van der Waals surface area contributed by atoms with Crippen LogP contribution in [0.1, 0.15) is 16.1 Å². The Hall–Kier alpha value is -2.64. The Morgan fingerprint density at radius 2 is 2.24 bits per heavy atom. The fourth-order valence-electron chi connectivity index (χ4n) is 2.71. The summed E-state index contributed by atoms with van der Waals surface area (Å²) < 4.78 is 1.61. The van der Waals surface area contributed by atoms with Crippen molar-refractivity contribution in [3.8, 4) is 0 Å². The number of rotatable bonds is 2. The number of aromatic carboxylic acids is 1. The lowest BCUT2D eigenvalue weighted by molar-refractivity contribution is -0.120. The van der Waals surface area contributed by atoms with Gasteiger partial charge in [0.05, 0.1) is 23.3 Å². The third kappa shape index (κ3) is 2.08. The first-order valence-electron chi connectivity index (χ1n) is 6.56. The van der Waals surface area contributed by atoms with Gasteiger partial charge in [-0.25, -0.2) is 9.78 Å². The number of aryl methyl sites for hydroxylation is 2. The zero-order chi connectivity index (χ0) is 15.1. The molecule has 1 aliphatic rings. The van der Waals surface area contributed by atoms with E-state index in [9.17, 15) is 14.7 Å². The van der Waals surface area contributed by atoms with Gasteiger partial charge in [0, 0.05) is 26.3 Å². The van der Waals surface area contributed by atoms with Gasteiger partial charge in [0.2, 0.25) is 5.91 Å². The van der Waals surface area contributed by atoms with Crippen molar-refractivity contribution in [2.75, 3.05) is 24.5 Å². The molecule has 1 amide bonds. The highest BCUT2D eigenvalue weighted by atomic mass is 16.4. The standard InChI is InChI=1S/C13H15N5O3/c1-7-10-11(18-4-3-14-9(19)6-18)8(13(20)21)5-15-12(10)17(2)16-7/h5H,3-4,6H2,1-2H3,(H,14,19)(H,20,21). The third-order valence-corrected chi connectivity index (χ3v) is 3.58. The maximum atomic E-state index is 11.6. The Kier molecular flexibility index (Phi) is 3.00. The highest BCUT2D eigenvalue weighted by molar-refractivity contribution is 6.05. The van der Waals surface area contributed by atoms with Crippen molar-refractivity contribution >= 4 is 28.6 Å². The molecule has 2 N–H and O–H groups in total. The lowest BCUT2D eigenvalue weighted by atomic mass is 10.1. The zero-order valence-corrected chi connectivity index (χ0v) is 11.8. The lowest BCUT2D eigenvalue weighted by Crippen LogP contribution is -2.48. The number of amides is 1.